The molecule has 7 heteroatoms. The van der Waals surface area contributed by atoms with Gasteiger partial charge in [-0.05, 0) is 46.5 Å². The van der Waals surface area contributed by atoms with Crippen LogP contribution in [-0.4, -0.2) is 25.0 Å². The van der Waals surface area contributed by atoms with Gasteiger partial charge < -0.3 is 9.47 Å². The number of halogens is 1. The number of fused-ring (bicyclic) bond motifs is 1. The summed E-state index contributed by atoms with van der Waals surface area (Å²) in [7, 11) is 0. The summed E-state index contributed by atoms with van der Waals surface area (Å²) in [6.45, 7) is 5.75. The Labute approximate surface area is 190 Å². The van der Waals surface area contributed by atoms with Crippen LogP contribution in [0, 0.1) is 0 Å². The van der Waals surface area contributed by atoms with Gasteiger partial charge in [-0.1, -0.05) is 67.0 Å². The van der Waals surface area contributed by atoms with Gasteiger partial charge in [0, 0.05) is 10.0 Å². The number of carbonyl (C=O) groups is 2. The van der Waals surface area contributed by atoms with Gasteiger partial charge in [-0.2, -0.15) is 0 Å². The van der Waals surface area contributed by atoms with Crippen LogP contribution < -0.4 is 20.3 Å². The van der Waals surface area contributed by atoms with E-state index in [0.29, 0.717) is 11.5 Å². The first kappa shape index (κ1) is 22.6. The maximum absolute atomic E-state index is 12.1. The van der Waals surface area contributed by atoms with Crippen LogP contribution in [0.1, 0.15) is 26.3 Å². The fourth-order valence-corrected chi connectivity index (χ4v) is 3.34. The highest BCUT2D eigenvalue weighted by Gasteiger charge is 2.20. The maximum atomic E-state index is 12.1. The SMILES string of the molecule is CC(C)(C)c1cc(Br)ccc1OCC(=O)NNC(=O)COc1ccc2ccccc2c1. The third-order valence-corrected chi connectivity index (χ3v) is 5.03. The van der Waals surface area contributed by atoms with E-state index in [1.165, 1.54) is 0 Å². The normalized spacial score (nSPS) is 11.1. The first-order chi connectivity index (χ1) is 14.7. The molecule has 0 aliphatic rings. The molecule has 0 atom stereocenters. The fraction of sp³-hybridized carbons (Fsp3) is 0.250. The van der Waals surface area contributed by atoms with Crippen molar-refractivity contribution in [1.82, 2.24) is 10.9 Å². The van der Waals surface area contributed by atoms with E-state index in [1.807, 2.05) is 54.6 Å². The molecule has 0 saturated carbocycles. The molecule has 0 fully saturated rings. The van der Waals surface area contributed by atoms with E-state index in [9.17, 15) is 9.59 Å². The summed E-state index contributed by atoms with van der Waals surface area (Å²) in [5.74, 6) is 0.257. The summed E-state index contributed by atoms with van der Waals surface area (Å²) in [5, 5.41) is 2.11. The monoisotopic (exact) mass is 484 g/mol. The molecule has 0 bridgehead atoms. The first-order valence-corrected chi connectivity index (χ1v) is 10.6. The summed E-state index contributed by atoms with van der Waals surface area (Å²) >= 11 is 3.46. The van der Waals surface area contributed by atoms with Crippen LogP contribution in [0.5, 0.6) is 11.5 Å². The molecule has 0 heterocycles. The van der Waals surface area contributed by atoms with Crippen LogP contribution in [0.4, 0.5) is 0 Å². The van der Waals surface area contributed by atoms with Crippen LogP contribution in [-0.2, 0) is 15.0 Å². The Morgan fingerprint density at radius 1 is 0.839 bits per heavy atom. The molecular weight excluding hydrogens is 460 g/mol. The highest BCUT2D eigenvalue weighted by Crippen LogP contribution is 2.33. The van der Waals surface area contributed by atoms with Gasteiger partial charge in [-0.3, -0.25) is 20.4 Å². The Balaban J connectivity index is 1.46. The lowest BCUT2D eigenvalue weighted by atomic mass is 9.86. The quantitative estimate of drug-likeness (QED) is 0.504. The molecule has 0 saturated heterocycles. The minimum Gasteiger partial charge on any atom is -0.484 e. The molecule has 0 aliphatic heterocycles. The van der Waals surface area contributed by atoms with E-state index >= 15 is 0 Å². The predicted molar refractivity (Wildman–Crippen MR) is 124 cm³/mol. The zero-order chi connectivity index (χ0) is 22.4. The first-order valence-electron chi connectivity index (χ1n) is 9.84. The molecule has 3 aromatic rings. The van der Waals surface area contributed by atoms with Gasteiger partial charge in [-0.25, -0.2) is 0 Å². The van der Waals surface area contributed by atoms with Crippen molar-refractivity contribution < 1.29 is 19.1 Å². The number of rotatable bonds is 6. The lowest BCUT2D eigenvalue weighted by Gasteiger charge is -2.23. The minimum atomic E-state index is -0.472. The number of hydrogen-bond acceptors (Lipinski definition) is 4. The van der Waals surface area contributed by atoms with E-state index in [-0.39, 0.29) is 18.6 Å². The van der Waals surface area contributed by atoms with Crippen molar-refractivity contribution in [2.45, 2.75) is 26.2 Å². The Morgan fingerprint density at radius 3 is 2.16 bits per heavy atom. The van der Waals surface area contributed by atoms with E-state index in [0.717, 1.165) is 20.8 Å². The Kier molecular flexibility index (Phi) is 7.17. The highest BCUT2D eigenvalue weighted by atomic mass is 79.9. The van der Waals surface area contributed by atoms with Crippen LogP contribution in [0.2, 0.25) is 0 Å². The highest BCUT2D eigenvalue weighted by molar-refractivity contribution is 9.10. The second-order valence-corrected chi connectivity index (χ2v) is 8.99. The molecule has 2 amide bonds. The lowest BCUT2D eigenvalue weighted by Crippen LogP contribution is -2.45. The molecule has 6 nitrogen and oxygen atoms in total. The third kappa shape index (κ3) is 6.46. The van der Waals surface area contributed by atoms with Crippen LogP contribution in [0.3, 0.4) is 0 Å². The molecule has 0 spiro atoms. The number of benzene rings is 3. The van der Waals surface area contributed by atoms with Crippen molar-refractivity contribution in [3.8, 4) is 11.5 Å². The average molecular weight is 485 g/mol. The van der Waals surface area contributed by atoms with Crippen molar-refractivity contribution in [3.63, 3.8) is 0 Å². The average Bonchev–Trinajstić information content (AvgIpc) is 2.74. The molecule has 0 radical (unpaired) electrons. The molecule has 0 unspecified atom stereocenters. The number of nitrogens with one attached hydrogen (secondary N) is 2. The molecule has 0 aliphatic carbocycles. The van der Waals surface area contributed by atoms with Crippen LogP contribution >= 0.6 is 15.9 Å². The van der Waals surface area contributed by atoms with Crippen molar-refractivity contribution in [2.75, 3.05) is 13.2 Å². The van der Waals surface area contributed by atoms with Crippen LogP contribution in [0.15, 0.2) is 65.1 Å². The second kappa shape index (κ2) is 9.83. The van der Waals surface area contributed by atoms with Gasteiger partial charge in [0.25, 0.3) is 11.8 Å². The smallest absolute Gasteiger partial charge is 0.276 e. The predicted octanol–water partition coefficient (Wildman–Crippen LogP) is 4.51. The van der Waals surface area contributed by atoms with Gasteiger partial charge in [0.15, 0.2) is 13.2 Å². The minimum absolute atomic E-state index is 0.149. The molecule has 3 rings (SSSR count). The fourth-order valence-electron chi connectivity index (χ4n) is 2.98. The number of ether oxygens (including phenoxy) is 2. The third-order valence-electron chi connectivity index (χ3n) is 4.54. The summed E-state index contributed by atoms with van der Waals surface area (Å²) in [6.07, 6.45) is 0. The summed E-state index contributed by atoms with van der Waals surface area (Å²) in [6, 6.07) is 19.1. The maximum Gasteiger partial charge on any atom is 0.276 e. The molecule has 31 heavy (non-hydrogen) atoms. The van der Waals surface area contributed by atoms with Crippen molar-refractivity contribution >= 4 is 38.5 Å². The number of carbonyl (C=O) groups excluding carboxylic acids is 2. The molecular formula is C24H25BrN2O4. The number of hydrogen-bond donors (Lipinski definition) is 2. The van der Waals surface area contributed by atoms with E-state index in [2.05, 4.69) is 47.6 Å². The summed E-state index contributed by atoms with van der Waals surface area (Å²) < 4.78 is 12.1. The number of amides is 2. The van der Waals surface area contributed by atoms with Gasteiger partial charge in [0.2, 0.25) is 0 Å². The van der Waals surface area contributed by atoms with Crippen molar-refractivity contribution in [3.05, 3.63) is 70.7 Å². The molecule has 2 N–H and O–H groups in total. The lowest BCUT2D eigenvalue weighted by molar-refractivity contribution is -0.131. The van der Waals surface area contributed by atoms with Gasteiger partial charge in [0.1, 0.15) is 11.5 Å². The second-order valence-electron chi connectivity index (χ2n) is 8.07. The van der Waals surface area contributed by atoms with Gasteiger partial charge >= 0.3 is 0 Å². The zero-order valence-electron chi connectivity index (χ0n) is 17.7. The van der Waals surface area contributed by atoms with E-state index < -0.39 is 11.8 Å². The van der Waals surface area contributed by atoms with E-state index in [4.69, 9.17) is 9.47 Å². The molecule has 162 valence electrons. The Bertz CT molecular complexity index is 1090. The molecule has 3 aromatic carbocycles. The summed E-state index contributed by atoms with van der Waals surface area (Å²) in [4.78, 5) is 24.1. The Morgan fingerprint density at radius 2 is 1.48 bits per heavy atom. The summed E-state index contributed by atoms with van der Waals surface area (Å²) in [5.41, 5.74) is 5.49. The van der Waals surface area contributed by atoms with Crippen molar-refractivity contribution in [1.29, 1.82) is 0 Å². The van der Waals surface area contributed by atoms with Gasteiger partial charge in [-0.15, -0.1) is 0 Å². The van der Waals surface area contributed by atoms with Gasteiger partial charge in [0.05, 0.1) is 0 Å². The standard InChI is InChI=1S/C24H25BrN2O4/c1-24(2,3)20-13-18(25)9-11-21(20)31-15-23(29)27-26-22(28)14-30-19-10-8-16-6-4-5-7-17(16)12-19/h4-13H,14-15H2,1-3H3,(H,26,28)(H,27,29). The zero-order valence-corrected chi connectivity index (χ0v) is 19.3. The van der Waals surface area contributed by atoms with Crippen LogP contribution in [0.25, 0.3) is 10.8 Å². The Hall–Kier alpha value is -3.06. The van der Waals surface area contributed by atoms with E-state index in [1.54, 1.807) is 6.07 Å². The van der Waals surface area contributed by atoms with Crippen molar-refractivity contribution in [2.24, 2.45) is 0 Å². The number of hydrazine groups is 1. The molecule has 0 aromatic heterocycles. The largest absolute Gasteiger partial charge is 0.484 e. The topological polar surface area (TPSA) is 76.7 Å².